The van der Waals surface area contributed by atoms with Crippen molar-refractivity contribution in [3.63, 3.8) is 0 Å². The standard InChI is InChI=1S/C22H24N2O2/c1-15-9-11-20(16(2)13-15)17(3)23-21(25)12-10-19-14-26-24-22(19)18-7-5-4-6-8-18/h4-9,11,13-14,17H,10,12H2,1-3H3,(H,23,25). The summed E-state index contributed by atoms with van der Waals surface area (Å²) in [6.07, 6.45) is 2.62. The second-order valence-corrected chi connectivity index (χ2v) is 6.70. The van der Waals surface area contributed by atoms with Crippen molar-refractivity contribution in [3.8, 4) is 11.3 Å². The van der Waals surface area contributed by atoms with E-state index in [2.05, 4.69) is 42.5 Å². The van der Waals surface area contributed by atoms with Crippen LogP contribution in [-0.4, -0.2) is 11.1 Å². The van der Waals surface area contributed by atoms with Gasteiger partial charge >= 0.3 is 0 Å². The molecule has 1 unspecified atom stereocenters. The van der Waals surface area contributed by atoms with Crippen molar-refractivity contribution in [1.29, 1.82) is 0 Å². The van der Waals surface area contributed by atoms with Crippen LogP contribution in [-0.2, 0) is 11.2 Å². The molecule has 3 aromatic rings. The van der Waals surface area contributed by atoms with Gasteiger partial charge in [-0.3, -0.25) is 4.79 Å². The number of aryl methyl sites for hydroxylation is 3. The average molecular weight is 348 g/mol. The van der Waals surface area contributed by atoms with E-state index < -0.39 is 0 Å². The predicted molar refractivity (Wildman–Crippen MR) is 103 cm³/mol. The first kappa shape index (κ1) is 17.9. The summed E-state index contributed by atoms with van der Waals surface area (Å²) in [6.45, 7) is 6.17. The molecule has 3 rings (SSSR count). The van der Waals surface area contributed by atoms with Crippen LogP contribution in [0, 0.1) is 13.8 Å². The smallest absolute Gasteiger partial charge is 0.220 e. The van der Waals surface area contributed by atoms with Crippen molar-refractivity contribution in [2.45, 2.75) is 39.7 Å². The Morgan fingerprint density at radius 3 is 2.65 bits per heavy atom. The zero-order valence-electron chi connectivity index (χ0n) is 15.5. The lowest BCUT2D eigenvalue weighted by atomic mass is 10.00. The minimum absolute atomic E-state index is 0.0147. The predicted octanol–water partition coefficient (Wildman–Crippen LogP) is 4.77. The fourth-order valence-electron chi connectivity index (χ4n) is 3.22. The fourth-order valence-corrected chi connectivity index (χ4v) is 3.22. The number of benzene rings is 2. The molecular weight excluding hydrogens is 324 g/mol. The van der Waals surface area contributed by atoms with E-state index in [0.717, 1.165) is 22.4 Å². The van der Waals surface area contributed by atoms with Gasteiger partial charge < -0.3 is 9.84 Å². The molecule has 1 atom stereocenters. The molecule has 134 valence electrons. The molecule has 0 radical (unpaired) electrons. The van der Waals surface area contributed by atoms with E-state index in [0.29, 0.717) is 12.8 Å². The largest absolute Gasteiger partial charge is 0.364 e. The Balaban J connectivity index is 1.61. The number of nitrogens with one attached hydrogen (secondary N) is 1. The van der Waals surface area contributed by atoms with E-state index in [1.165, 1.54) is 11.1 Å². The van der Waals surface area contributed by atoms with Crippen molar-refractivity contribution in [2.24, 2.45) is 0 Å². The quantitative estimate of drug-likeness (QED) is 0.698. The molecule has 0 fully saturated rings. The van der Waals surface area contributed by atoms with Crippen LogP contribution in [0.1, 0.15) is 41.6 Å². The van der Waals surface area contributed by atoms with E-state index in [-0.39, 0.29) is 11.9 Å². The molecule has 2 aromatic carbocycles. The summed E-state index contributed by atoms with van der Waals surface area (Å²) in [5.41, 5.74) is 6.33. The Bertz CT molecular complexity index is 884. The first-order chi connectivity index (χ1) is 12.5. The summed E-state index contributed by atoms with van der Waals surface area (Å²) in [5, 5.41) is 7.17. The lowest BCUT2D eigenvalue weighted by molar-refractivity contribution is -0.121. The third-order valence-electron chi connectivity index (χ3n) is 4.58. The Kier molecular flexibility index (Phi) is 5.52. The van der Waals surface area contributed by atoms with Gasteiger partial charge in [-0.1, -0.05) is 59.3 Å². The van der Waals surface area contributed by atoms with Crippen LogP contribution >= 0.6 is 0 Å². The minimum atomic E-state index is -0.0147. The monoisotopic (exact) mass is 348 g/mol. The summed E-state index contributed by atoms with van der Waals surface area (Å²) in [5.74, 6) is 0.0256. The van der Waals surface area contributed by atoms with Crippen molar-refractivity contribution < 1.29 is 9.32 Å². The van der Waals surface area contributed by atoms with Gasteiger partial charge in [-0.2, -0.15) is 0 Å². The Labute approximate surface area is 154 Å². The summed E-state index contributed by atoms with van der Waals surface area (Å²) in [6, 6.07) is 16.2. The maximum absolute atomic E-state index is 12.4. The molecular formula is C22H24N2O2. The number of rotatable bonds is 6. The summed E-state index contributed by atoms with van der Waals surface area (Å²) < 4.78 is 5.13. The van der Waals surface area contributed by atoms with E-state index >= 15 is 0 Å². The van der Waals surface area contributed by atoms with Crippen LogP contribution in [0.25, 0.3) is 11.3 Å². The van der Waals surface area contributed by atoms with Gasteiger partial charge in [-0.15, -0.1) is 0 Å². The topological polar surface area (TPSA) is 55.1 Å². The first-order valence-corrected chi connectivity index (χ1v) is 8.90. The molecule has 0 bridgehead atoms. The number of amides is 1. The first-order valence-electron chi connectivity index (χ1n) is 8.90. The van der Waals surface area contributed by atoms with Crippen LogP contribution in [0.4, 0.5) is 0 Å². The summed E-state index contributed by atoms with van der Waals surface area (Å²) >= 11 is 0. The highest BCUT2D eigenvalue weighted by molar-refractivity contribution is 5.77. The SMILES string of the molecule is Cc1ccc(C(C)NC(=O)CCc2conc2-c2ccccc2)c(C)c1. The maximum atomic E-state index is 12.4. The Hall–Kier alpha value is -2.88. The highest BCUT2D eigenvalue weighted by atomic mass is 16.5. The maximum Gasteiger partial charge on any atom is 0.220 e. The van der Waals surface area contributed by atoms with Gasteiger partial charge in [0.25, 0.3) is 0 Å². The number of carbonyl (C=O) groups is 1. The molecule has 0 saturated heterocycles. The number of nitrogens with zero attached hydrogens (tertiary/aromatic N) is 1. The van der Waals surface area contributed by atoms with Crippen molar-refractivity contribution in [1.82, 2.24) is 10.5 Å². The minimum Gasteiger partial charge on any atom is -0.364 e. The molecule has 4 nitrogen and oxygen atoms in total. The fraction of sp³-hybridized carbons (Fsp3) is 0.273. The zero-order valence-corrected chi connectivity index (χ0v) is 15.5. The number of carbonyl (C=O) groups excluding carboxylic acids is 1. The van der Waals surface area contributed by atoms with Gasteiger partial charge in [0.05, 0.1) is 6.04 Å². The van der Waals surface area contributed by atoms with Crippen molar-refractivity contribution in [2.75, 3.05) is 0 Å². The molecule has 1 N–H and O–H groups in total. The van der Waals surface area contributed by atoms with Crippen LogP contribution in [0.5, 0.6) is 0 Å². The third-order valence-corrected chi connectivity index (χ3v) is 4.58. The lowest BCUT2D eigenvalue weighted by Gasteiger charge is -2.17. The van der Waals surface area contributed by atoms with Gasteiger partial charge in [0.1, 0.15) is 12.0 Å². The lowest BCUT2D eigenvalue weighted by Crippen LogP contribution is -2.27. The molecule has 0 aliphatic rings. The van der Waals surface area contributed by atoms with Gasteiger partial charge in [0.2, 0.25) is 5.91 Å². The Morgan fingerprint density at radius 2 is 1.92 bits per heavy atom. The van der Waals surface area contributed by atoms with Gasteiger partial charge in [-0.05, 0) is 38.3 Å². The molecule has 4 heteroatoms. The highest BCUT2D eigenvalue weighted by Crippen LogP contribution is 2.23. The molecule has 26 heavy (non-hydrogen) atoms. The molecule has 1 heterocycles. The highest BCUT2D eigenvalue weighted by Gasteiger charge is 2.14. The molecule has 0 spiro atoms. The molecule has 1 amide bonds. The molecule has 1 aromatic heterocycles. The number of aromatic nitrogens is 1. The Morgan fingerprint density at radius 1 is 1.15 bits per heavy atom. The zero-order chi connectivity index (χ0) is 18.5. The molecule has 0 aliphatic carbocycles. The summed E-state index contributed by atoms with van der Waals surface area (Å²) in [7, 11) is 0. The number of hydrogen-bond donors (Lipinski definition) is 1. The van der Waals surface area contributed by atoms with E-state index in [1.54, 1.807) is 6.26 Å². The van der Waals surface area contributed by atoms with E-state index in [4.69, 9.17) is 4.52 Å². The van der Waals surface area contributed by atoms with E-state index in [1.807, 2.05) is 37.3 Å². The normalized spacial score (nSPS) is 12.0. The van der Waals surface area contributed by atoms with Gasteiger partial charge in [0.15, 0.2) is 0 Å². The number of hydrogen-bond acceptors (Lipinski definition) is 3. The second kappa shape index (κ2) is 8.00. The average Bonchev–Trinajstić information content (AvgIpc) is 3.09. The summed E-state index contributed by atoms with van der Waals surface area (Å²) in [4.78, 5) is 12.4. The van der Waals surface area contributed by atoms with Crippen LogP contribution in [0.2, 0.25) is 0 Å². The van der Waals surface area contributed by atoms with Crippen LogP contribution in [0.15, 0.2) is 59.3 Å². The van der Waals surface area contributed by atoms with Crippen LogP contribution in [0.3, 0.4) is 0 Å². The van der Waals surface area contributed by atoms with Gasteiger partial charge in [-0.25, -0.2) is 0 Å². The molecule has 0 aliphatic heterocycles. The van der Waals surface area contributed by atoms with Crippen LogP contribution < -0.4 is 5.32 Å². The van der Waals surface area contributed by atoms with Crippen molar-refractivity contribution in [3.05, 3.63) is 77.0 Å². The van der Waals surface area contributed by atoms with Crippen molar-refractivity contribution >= 4 is 5.91 Å². The van der Waals surface area contributed by atoms with Gasteiger partial charge in [0, 0.05) is 17.5 Å². The molecule has 0 saturated carbocycles. The second-order valence-electron chi connectivity index (χ2n) is 6.70. The van der Waals surface area contributed by atoms with E-state index in [9.17, 15) is 4.79 Å². The third kappa shape index (κ3) is 4.20.